The van der Waals surface area contributed by atoms with E-state index in [1.54, 1.807) is 0 Å². The fourth-order valence-corrected chi connectivity index (χ4v) is 3.47. The largest absolute Gasteiger partial charge is 0.468 e. The lowest BCUT2D eigenvalue weighted by Crippen LogP contribution is -2.53. The highest BCUT2D eigenvalue weighted by Crippen LogP contribution is 2.24. The van der Waals surface area contributed by atoms with E-state index in [0.29, 0.717) is 6.04 Å². The first kappa shape index (κ1) is 18.4. The number of esters is 1. The normalized spacial score (nSPS) is 26.6. The molecule has 0 amide bonds. The highest BCUT2D eigenvalue weighted by Gasteiger charge is 2.34. The van der Waals surface area contributed by atoms with Crippen molar-refractivity contribution in [2.75, 3.05) is 20.2 Å². The number of nitrogens with one attached hydrogen (secondary N) is 1. The van der Waals surface area contributed by atoms with Gasteiger partial charge in [0.25, 0.3) is 0 Å². The van der Waals surface area contributed by atoms with Gasteiger partial charge in [0.15, 0.2) is 0 Å². The summed E-state index contributed by atoms with van der Waals surface area (Å²) in [6.07, 6.45) is 4.47. The van der Waals surface area contributed by atoms with Gasteiger partial charge < -0.3 is 9.64 Å². The first-order valence-corrected chi connectivity index (χ1v) is 8.40. The molecule has 1 aliphatic rings. The third-order valence-corrected chi connectivity index (χ3v) is 4.87. The number of methoxy groups -OCH3 is 1. The molecule has 1 aliphatic heterocycles. The van der Waals surface area contributed by atoms with Crippen LogP contribution in [0.15, 0.2) is 0 Å². The van der Waals surface area contributed by atoms with Crippen LogP contribution in [0.1, 0.15) is 60.3 Å². The zero-order valence-corrected chi connectivity index (χ0v) is 14.7. The molecule has 1 rings (SSSR count). The van der Waals surface area contributed by atoms with Crippen LogP contribution in [-0.4, -0.2) is 48.7 Å². The number of carbonyl (C=O) groups excluding carboxylic acids is 1. The molecule has 3 atom stereocenters. The van der Waals surface area contributed by atoms with Crippen LogP contribution in [-0.2, 0) is 9.53 Å². The molecule has 3 unspecified atom stereocenters. The molecule has 0 aromatic carbocycles. The van der Waals surface area contributed by atoms with E-state index in [9.17, 15) is 4.79 Å². The molecule has 21 heavy (non-hydrogen) atoms. The maximum atomic E-state index is 12.1. The van der Waals surface area contributed by atoms with Crippen LogP contribution < -0.4 is 5.32 Å². The van der Waals surface area contributed by atoms with Crippen LogP contribution in [0.3, 0.4) is 0 Å². The maximum absolute atomic E-state index is 12.1. The molecule has 0 aromatic rings. The number of carbonyl (C=O) groups is 1. The predicted molar refractivity (Wildman–Crippen MR) is 87.4 cm³/mol. The van der Waals surface area contributed by atoms with Gasteiger partial charge in [-0.1, -0.05) is 6.92 Å². The Hall–Kier alpha value is -0.610. The summed E-state index contributed by atoms with van der Waals surface area (Å²) in [6, 6.07) is 0.921. The zero-order valence-electron chi connectivity index (χ0n) is 14.7. The first-order valence-electron chi connectivity index (χ1n) is 8.40. The molecule has 0 aliphatic carbocycles. The molecule has 1 N–H and O–H groups in total. The van der Waals surface area contributed by atoms with E-state index < -0.39 is 5.54 Å². The fraction of sp³-hybridized carbons (Fsp3) is 0.941. The quantitative estimate of drug-likeness (QED) is 0.734. The van der Waals surface area contributed by atoms with Gasteiger partial charge in [-0.25, -0.2) is 0 Å². The lowest BCUT2D eigenvalue weighted by molar-refractivity contribution is -0.148. The van der Waals surface area contributed by atoms with Crippen molar-refractivity contribution in [3.63, 3.8) is 0 Å². The van der Waals surface area contributed by atoms with Crippen LogP contribution in [0.25, 0.3) is 0 Å². The third kappa shape index (κ3) is 5.26. The Morgan fingerprint density at radius 3 is 2.67 bits per heavy atom. The average Bonchev–Trinajstić information content (AvgIpc) is 2.41. The number of hydrogen-bond acceptors (Lipinski definition) is 4. The Bertz CT molecular complexity index is 333. The Kier molecular flexibility index (Phi) is 7.14. The Morgan fingerprint density at radius 2 is 2.10 bits per heavy atom. The smallest absolute Gasteiger partial charge is 0.325 e. The lowest BCUT2D eigenvalue weighted by atomic mass is 9.90. The van der Waals surface area contributed by atoms with Crippen LogP contribution in [0.5, 0.6) is 0 Å². The SMILES string of the molecule is COC(=O)C(C)(CCCN1CCCC(C)C1C)NC(C)C. The third-order valence-electron chi connectivity index (χ3n) is 4.87. The average molecular weight is 298 g/mol. The topological polar surface area (TPSA) is 41.6 Å². The van der Waals surface area contributed by atoms with Gasteiger partial charge in [-0.2, -0.15) is 0 Å². The molecule has 4 heteroatoms. The number of likely N-dealkylation sites (tertiary alicyclic amines) is 1. The van der Waals surface area contributed by atoms with Crippen molar-refractivity contribution in [1.29, 1.82) is 0 Å². The van der Waals surface area contributed by atoms with Gasteiger partial charge in [-0.05, 0) is 72.4 Å². The van der Waals surface area contributed by atoms with Gasteiger partial charge in [0, 0.05) is 12.1 Å². The second-order valence-electron chi connectivity index (χ2n) is 7.12. The van der Waals surface area contributed by atoms with Crippen LogP contribution in [0.2, 0.25) is 0 Å². The Balaban J connectivity index is 2.51. The molecular formula is C17H34N2O2. The van der Waals surface area contributed by atoms with Gasteiger partial charge in [-0.15, -0.1) is 0 Å². The summed E-state index contributed by atoms with van der Waals surface area (Å²) in [5.74, 6) is 0.621. The summed E-state index contributed by atoms with van der Waals surface area (Å²) < 4.78 is 4.98. The standard InChI is InChI=1S/C17H34N2O2/c1-13(2)18-17(5,16(20)21-6)10-8-12-19-11-7-9-14(3)15(19)4/h13-15,18H,7-12H2,1-6H3. The molecule has 0 spiro atoms. The molecule has 1 saturated heterocycles. The fourth-order valence-electron chi connectivity index (χ4n) is 3.47. The van der Waals surface area contributed by atoms with Crippen LogP contribution in [0, 0.1) is 5.92 Å². The first-order chi connectivity index (χ1) is 9.80. The highest BCUT2D eigenvalue weighted by atomic mass is 16.5. The molecule has 0 saturated carbocycles. The van der Waals surface area contributed by atoms with Gasteiger partial charge in [-0.3, -0.25) is 10.1 Å². The zero-order chi connectivity index (χ0) is 16.0. The Labute approximate surface area is 130 Å². The molecule has 0 radical (unpaired) electrons. The highest BCUT2D eigenvalue weighted by molar-refractivity contribution is 5.80. The van der Waals surface area contributed by atoms with Crippen molar-refractivity contribution in [2.24, 2.45) is 5.92 Å². The molecule has 1 heterocycles. The van der Waals surface area contributed by atoms with Crippen molar-refractivity contribution in [3.8, 4) is 0 Å². The summed E-state index contributed by atoms with van der Waals surface area (Å²) in [6.45, 7) is 13.0. The summed E-state index contributed by atoms with van der Waals surface area (Å²) in [4.78, 5) is 14.6. The van der Waals surface area contributed by atoms with E-state index in [-0.39, 0.29) is 12.0 Å². The van der Waals surface area contributed by atoms with Crippen molar-refractivity contribution in [2.45, 2.75) is 77.9 Å². The molecule has 0 aromatic heterocycles. The Morgan fingerprint density at radius 1 is 1.43 bits per heavy atom. The van der Waals surface area contributed by atoms with E-state index in [0.717, 1.165) is 25.3 Å². The minimum atomic E-state index is -0.576. The summed E-state index contributed by atoms with van der Waals surface area (Å²) >= 11 is 0. The lowest BCUT2D eigenvalue weighted by Gasteiger charge is -2.38. The van der Waals surface area contributed by atoms with Gasteiger partial charge >= 0.3 is 5.97 Å². The van der Waals surface area contributed by atoms with Crippen molar-refractivity contribution < 1.29 is 9.53 Å². The monoisotopic (exact) mass is 298 g/mol. The summed E-state index contributed by atoms with van der Waals surface area (Å²) in [5.41, 5.74) is -0.576. The molecular weight excluding hydrogens is 264 g/mol. The minimum Gasteiger partial charge on any atom is -0.468 e. The molecule has 124 valence electrons. The van der Waals surface area contributed by atoms with Crippen LogP contribution >= 0.6 is 0 Å². The summed E-state index contributed by atoms with van der Waals surface area (Å²) in [7, 11) is 1.47. The second kappa shape index (κ2) is 8.14. The van der Waals surface area contributed by atoms with Crippen molar-refractivity contribution in [1.82, 2.24) is 10.2 Å². The number of piperidine rings is 1. The van der Waals surface area contributed by atoms with E-state index >= 15 is 0 Å². The van der Waals surface area contributed by atoms with E-state index in [2.05, 4.69) is 37.9 Å². The van der Waals surface area contributed by atoms with Gasteiger partial charge in [0.1, 0.15) is 5.54 Å². The molecule has 4 nitrogen and oxygen atoms in total. The van der Waals surface area contributed by atoms with Gasteiger partial charge in [0.2, 0.25) is 0 Å². The number of nitrogens with zero attached hydrogens (tertiary/aromatic N) is 1. The van der Waals surface area contributed by atoms with E-state index in [1.807, 2.05) is 6.92 Å². The predicted octanol–water partition coefficient (Wildman–Crippen LogP) is 2.82. The number of hydrogen-bond donors (Lipinski definition) is 1. The van der Waals surface area contributed by atoms with Crippen molar-refractivity contribution in [3.05, 3.63) is 0 Å². The second-order valence-corrected chi connectivity index (χ2v) is 7.12. The number of ether oxygens (including phenoxy) is 1. The van der Waals surface area contributed by atoms with Crippen LogP contribution in [0.4, 0.5) is 0 Å². The minimum absolute atomic E-state index is 0.156. The maximum Gasteiger partial charge on any atom is 0.325 e. The summed E-state index contributed by atoms with van der Waals surface area (Å²) in [5, 5.41) is 3.37. The molecule has 1 fully saturated rings. The van der Waals surface area contributed by atoms with Gasteiger partial charge in [0.05, 0.1) is 7.11 Å². The van der Waals surface area contributed by atoms with E-state index in [4.69, 9.17) is 4.74 Å². The molecule has 0 bridgehead atoms. The van der Waals surface area contributed by atoms with E-state index in [1.165, 1.54) is 26.5 Å². The number of rotatable bonds is 7. The van der Waals surface area contributed by atoms with Crippen molar-refractivity contribution >= 4 is 5.97 Å².